The van der Waals surface area contributed by atoms with Crippen molar-refractivity contribution in [3.8, 4) is 0 Å². The number of rotatable bonds is 3. The summed E-state index contributed by atoms with van der Waals surface area (Å²) in [5.74, 6) is 0. The zero-order valence-electron chi connectivity index (χ0n) is 7.32. The molecule has 0 aliphatic carbocycles. The van der Waals surface area contributed by atoms with E-state index in [0.29, 0.717) is 0 Å². The van der Waals surface area contributed by atoms with Crippen LogP contribution >= 0.6 is 11.3 Å². The number of nitrogens with zero attached hydrogens (tertiary/aromatic N) is 1. The first-order chi connectivity index (χ1) is 5.66. The summed E-state index contributed by atoms with van der Waals surface area (Å²) < 4.78 is 0. The van der Waals surface area contributed by atoms with Gasteiger partial charge in [-0.15, -0.1) is 11.3 Å². The summed E-state index contributed by atoms with van der Waals surface area (Å²) in [4.78, 5) is 5.12. The van der Waals surface area contributed by atoms with Gasteiger partial charge >= 0.3 is 0 Å². The van der Waals surface area contributed by atoms with Crippen LogP contribution in [0.1, 0.15) is 30.0 Å². The molecule has 1 aromatic heterocycles. The Morgan fingerprint density at radius 1 is 1.75 bits per heavy atom. The van der Waals surface area contributed by atoms with Crippen LogP contribution in [0.2, 0.25) is 0 Å². The van der Waals surface area contributed by atoms with E-state index in [1.54, 1.807) is 5.51 Å². The lowest BCUT2D eigenvalue weighted by atomic mass is 10.1. The third-order valence-electron chi connectivity index (χ3n) is 1.94. The molecule has 0 amide bonds. The highest BCUT2D eigenvalue weighted by molar-refractivity contribution is 7.09. The van der Waals surface area contributed by atoms with Gasteiger partial charge in [0.2, 0.25) is 0 Å². The molecule has 3 nitrogen and oxygen atoms in total. The van der Waals surface area contributed by atoms with Crippen molar-refractivity contribution < 1.29 is 5.11 Å². The molecule has 0 radical (unpaired) electrons. The molecule has 0 bridgehead atoms. The van der Waals surface area contributed by atoms with E-state index < -0.39 is 6.10 Å². The van der Waals surface area contributed by atoms with Crippen molar-refractivity contribution in [1.82, 2.24) is 4.98 Å². The van der Waals surface area contributed by atoms with Crippen LogP contribution in [-0.2, 0) is 0 Å². The summed E-state index contributed by atoms with van der Waals surface area (Å²) in [7, 11) is 0. The Hall–Kier alpha value is -0.450. The minimum absolute atomic E-state index is 0.203. The molecular formula is C8H14N2OS. The molecule has 0 fully saturated rings. The summed E-state index contributed by atoms with van der Waals surface area (Å²) in [6, 6.07) is -0.203. The van der Waals surface area contributed by atoms with Crippen molar-refractivity contribution in [1.29, 1.82) is 0 Å². The number of aliphatic hydroxyl groups is 1. The fourth-order valence-electron chi connectivity index (χ4n) is 1.02. The van der Waals surface area contributed by atoms with Gasteiger partial charge in [-0.25, -0.2) is 4.98 Å². The van der Waals surface area contributed by atoms with Crippen molar-refractivity contribution in [3.05, 3.63) is 16.1 Å². The van der Waals surface area contributed by atoms with Gasteiger partial charge in [-0.1, -0.05) is 6.92 Å². The van der Waals surface area contributed by atoms with Gasteiger partial charge in [0.1, 0.15) is 6.10 Å². The molecule has 2 unspecified atom stereocenters. The molecule has 1 aromatic rings. The lowest BCUT2D eigenvalue weighted by Crippen LogP contribution is -2.27. The third kappa shape index (κ3) is 1.83. The fourth-order valence-corrected chi connectivity index (χ4v) is 1.64. The van der Waals surface area contributed by atoms with Crippen LogP contribution in [0.15, 0.2) is 5.51 Å². The summed E-state index contributed by atoms with van der Waals surface area (Å²) in [5.41, 5.74) is 8.15. The van der Waals surface area contributed by atoms with Gasteiger partial charge in [0.05, 0.1) is 11.2 Å². The second-order valence-electron chi connectivity index (χ2n) is 2.81. The molecule has 1 heterocycles. The Labute approximate surface area is 76.3 Å². The van der Waals surface area contributed by atoms with Crippen LogP contribution < -0.4 is 5.73 Å². The summed E-state index contributed by atoms with van der Waals surface area (Å²) in [6.07, 6.45) is 0.152. The lowest BCUT2D eigenvalue weighted by Gasteiger charge is -2.15. The third-order valence-corrected chi connectivity index (χ3v) is 2.71. The van der Waals surface area contributed by atoms with Gasteiger partial charge in [-0.2, -0.15) is 0 Å². The van der Waals surface area contributed by atoms with Gasteiger partial charge in [0.25, 0.3) is 0 Å². The number of aryl methyl sites for hydroxylation is 1. The molecule has 0 aliphatic rings. The Balaban J connectivity index is 2.77. The highest BCUT2D eigenvalue weighted by atomic mass is 32.1. The van der Waals surface area contributed by atoms with E-state index in [4.69, 9.17) is 5.73 Å². The predicted molar refractivity (Wildman–Crippen MR) is 50.1 cm³/mol. The highest BCUT2D eigenvalue weighted by Crippen LogP contribution is 2.21. The van der Waals surface area contributed by atoms with E-state index in [2.05, 4.69) is 4.98 Å². The van der Waals surface area contributed by atoms with Crippen LogP contribution in [0.3, 0.4) is 0 Å². The largest absolute Gasteiger partial charge is 0.385 e. The minimum atomic E-state index is -0.610. The predicted octanol–water partition coefficient (Wildman–Crippen LogP) is 1.22. The van der Waals surface area contributed by atoms with Gasteiger partial charge in [-0.05, 0) is 13.3 Å². The average Bonchev–Trinajstić information content (AvgIpc) is 2.48. The smallest absolute Gasteiger partial charge is 0.112 e. The fraction of sp³-hybridized carbons (Fsp3) is 0.625. The van der Waals surface area contributed by atoms with E-state index in [1.165, 1.54) is 11.3 Å². The molecule has 4 heteroatoms. The number of aromatic nitrogens is 1. The molecule has 1 rings (SSSR count). The molecule has 0 saturated carbocycles. The molecule has 2 atom stereocenters. The molecule has 0 saturated heterocycles. The standard InChI is InChI=1S/C8H14N2OS/c1-3-6(9)8(11)7-5(2)12-4-10-7/h4,6,8,11H,3,9H2,1-2H3. The van der Waals surface area contributed by atoms with E-state index in [-0.39, 0.29) is 6.04 Å². The van der Waals surface area contributed by atoms with Gasteiger partial charge in [0, 0.05) is 10.9 Å². The first-order valence-corrected chi connectivity index (χ1v) is 4.88. The van der Waals surface area contributed by atoms with Crippen LogP contribution in [0, 0.1) is 6.92 Å². The van der Waals surface area contributed by atoms with Crippen molar-refractivity contribution in [2.75, 3.05) is 0 Å². The second kappa shape index (κ2) is 3.98. The van der Waals surface area contributed by atoms with Crippen LogP contribution in [0.4, 0.5) is 0 Å². The van der Waals surface area contributed by atoms with E-state index >= 15 is 0 Å². The molecule has 0 spiro atoms. The highest BCUT2D eigenvalue weighted by Gasteiger charge is 2.18. The number of aliphatic hydroxyl groups excluding tert-OH is 1. The molecule has 3 N–H and O–H groups in total. The number of nitrogens with two attached hydrogens (primary N) is 1. The topological polar surface area (TPSA) is 59.1 Å². The van der Waals surface area contributed by atoms with Crippen molar-refractivity contribution in [2.24, 2.45) is 5.73 Å². The molecule has 0 aromatic carbocycles. The second-order valence-corrected chi connectivity index (χ2v) is 3.87. The van der Waals surface area contributed by atoms with Crippen LogP contribution in [-0.4, -0.2) is 16.1 Å². The zero-order valence-corrected chi connectivity index (χ0v) is 8.14. The maximum Gasteiger partial charge on any atom is 0.112 e. The number of hydrogen-bond donors (Lipinski definition) is 2. The monoisotopic (exact) mass is 186 g/mol. The first kappa shape index (κ1) is 9.64. The first-order valence-electron chi connectivity index (χ1n) is 4.00. The summed E-state index contributed by atoms with van der Waals surface area (Å²) in [6.45, 7) is 3.90. The van der Waals surface area contributed by atoms with E-state index in [0.717, 1.165) is 17.0 Å². The van der Waals surface area contributed by atoms with E-state index in [1.807, 2.05) is 13.8 Å². The molecule has 0 aliphatic heterocycles. The number of hydrogen-bond acceptors (Lipinski definition) is 4. The Morgan fingerprint density at radius 2 is 2.42 bits per heavy atom. The van der Waals surface area contributed by atoms with E-state index in [9.17, 15) is 5.11 Å². The van der Waals surface area contributed by atoms with Crippen LogP contribution in [0.5, 0.6) is 0 Å². The van der Waals surface area contributed by atoms with Crippen LogP contribution in [0.25, 0.3) is 0 Å². The number of thiazole rings is 1. The average molecular weight is 186 g/mol. The Kier molecular flexibility index (Phi) is 3.20. The van der Waals surface area contributed by atoms with Gasteiger partial charge < -0.3 is 10.8 Å². The van der Waals surface area contributed by atoms with Crippen molar-refractivity contribution in [3.63, 3.8) is 0 Å². The minimum Gasteiger partial charge on any atom is -0.385 e. The maximum absolute atomic E-state index is 9.68. The van der Waals surface area contributed by atoms with Gasteiger partial charge in [-0.3, -0.25) is 0 Å². The van der Waals surface area contributed by atoms with Crippen molar-refractivity contribution >= 4 is 11.3 Å². The SMILES string of the molecule is CCC(N)C(O)c1ncsc1C. The Morgan fingerprint density at radius 3 is 2.83 bits per heavy atom. The normalized spacial score (nSPS) is 16.0. The molecule has 68 valence electrons. The summed E-state index contributed by atoms with van der Waals surface area (Å²) in [5, 5.41) is 9.68. The van der Waals surface area contributed by atoms with Gasteiger partial charge in [0.15, 0.2) is 0 Å². The molecular weight excluding hydrogens is 172 g/mol. The Bertz CT molecular complexity index is 249. The quantitative estimate of drug-likeness (QED) is 0.746. The zero-order chi connectivity index (χ0) is 9.14. The van der Waals surface area contributed by atoms with Crippen molar-refractivity contribution in [2.45, 2.75) is 32.4 Å². The molecule has 12 heavy (non-hydrogen) atoms. The summed E-state index contributed by atoms with van der Waals surface area (Å²) >= 11 is 1.53. The lowest BCUT2D eigenvalue weighted by molar-refractivity contribution is 0.140. The maximum atomic E-state index is 9.68.